The van der Waals surface area contributed by atoms with Crippen LogP contribution in [0.2, 0.25) is 0 Å². The Kier molecular flexibility index (Phi) is 6.26. The third kappa shape index (κ3) is 4.91. The van der Waals surface area contributed by atoms with E-state index in [-0.39, 0.29) is 6.54 Å². The molecule has 1 aromatic heterocycles. The normalized spacial score (nSPS) is 10.5. The minimum absolute atomic E-state index is 0.269. The molecular weight excluding hydrogens is 384 g/mol. The Bertz CT molecular complexity index is 1200. The first-order chi connectivity index (χ1) is 14.3. The number of nitrogens with one attached hydrogen (secondary N) is 2. The fourth-order valence-electron chi connectivity index (χ4n) is 3.05. The Hall–Kier alpha value is -3.94. The van der Waals surface area contributed by atoms with Gasteiger partial charge >= 0.3 is 5.69 Å². The van der Waals surface area contributed by atoms with E-state index in [1.54, 1.807) is 19.1 Å². The van der Waals surface area contributed by atoms with Crippen LogP contribution < -0.4 is 22.1 Å². The fourth-order valence-corrected chi connectivity index (χ4v) is 3.05. The van der Waals surface area contributed by atoms with Crippen LogP contribution in [0.15, 0.2) is 70.4 Å². The zero-order valence-corrected chi connectivity index (χ0v) is 16.7. The minimum Gasteiger partial charge on any atom is -0.296 e. The number of carbonyl (C=O) groups excluding carboxylic acids is 2. The Balaban J connectivity index is 1.69. The molecule has 0 saturated heterocycles. The van der Waals surface area contributed by atoms with Gasteiger partial charge in [-0.25, -0.2) is 4.79 Å². The summed E-state index contributed by atoms with van der Waals surface area (Å²) < 4.78 is 2.17. The van der Waals surface area contributed by atoms with E-state index >= 15 is 0 Å². The van der Waals surface area contributed by atoms with Crippen LogP contribution in [0, 0.1) is 13.8 Å². The molecule has 0 aliphatic rings. The maximum atomic E-state index is 12.6. The number of hydrogen-bond donors (Lipinski definition) is 2. The van der Waals surface area contributed by atoms with Crippen molar-refractivity contribution in [2.75, 3.05) is 0 Å². The van der Waals surface area contributed by atoms with Crippen LogP contribution in [-0.2, 0) is 17.9 Å². The molecule has 0 atom stereocenters. The van der Waals surface area contributed by atoms with Crippen molar-refractivity contribution in [1.82, 2.24) is 20.0 Å². The quantitative estimate of drug-likeness (QED) is 0.620. The van der Waals surface area contributed by atoms with E-state index < -0.39 is 29.6 Å². The zero-order chi connectivity index (χ0) is 21.7. The van der Waals surface area contributed by atoms with Gasteiger partial charge in [-0.2, -0.15) is 0 Å². The number of carbonyl (C=O) groups is 2. The lowest BCUT2D eigenvalue weighted by atomic mass is 10.1. The Morgan fingerprint density at radius 2 is 1.67 bits per heavy atom. The summed E-state index contributed by atoms with van der Waals surface area (Å²) in [5, 5.41) is 0. The van der Waals surface area contributed by atoms with Crippen LogP contribution in [0.5, 0.6) is 0 Å². The highest BCUT2D eigenvalue weighted by molar-refractivity contribution is 5.96. The van der Waals surface area contributed by atoms with Gasteiger partial charge in [-0.1, -0.05) is 48.0 Å². The monoisotopic (exact) mass is 406 g/mol. The molecule has 2 amide bonds. The number of hydrazine groups is 1. The van der Waals surface area contributed by atoms with E-state index in [1.165, 1.54) is 16.8 Å². The van der Waals surface area contributed by atoms with Gasteiger partial charge in [0, 0.05) is 17.8 Å². The average Bonchev–Trinajstić information content (AvgIpc) is 2.72. The SMILES string of the molecule is Cc1ccc(C(=O)NNC(=O)Cn2c(=O)ccn(Cc3ccccc3)c2=O)c(C)c1. The van der Waals surface area contributed by atoms with Crippen molar-refractivity contribution in [2.45, 2.75) is 26.9 Å². The lowest BCUT2D eigenvalue weighted by Gasteiger charge is -2.12. The summed E-state index contributed by atoms with van der Waals surface area (Å²) in [6.45, 7) is 3.46. The first-order valence-corrected chi connectivity index (χ1v) is 9.36. The lowest BCUT2D eigenvalue weighted by molar-refractivity contribution is -0.122. The summed E-state index contributed by atoms with van der Waals surface area (Å²) in [7, 11) is 0. The Morgan fingerprint density at radius 1 is 0.933 bits per heavy atom. The molecule has 1 heterocycles. The molecule has 0 aliphatic carbocycles. The van der Waals surface area contributed by atoms with Gasteiger partial charge in [0.05, 0.1) is 6.54 Å². The molecule has 30 heavy (non-hydrogen) atoms. The predicted molar refractivity (Wildman–Crippen MR) is 112 cm³/mol. The van der Waals surface area contributed by atoms with Crippen LogP contribution >= 0.6 is 0 Å². The second-order valence-corrected chi connectivity index (χ2v) is 6.96. The zero-order valence-electron chi connectivity index (χ0n) is 16.7. The first-order valence-electron chi connectivity index (χ1n) is 9.36. The number of hydrogen-bond acceptors (Lipinski definition) is 4. The largest absolute Gasteiger partial charge is 0.331 e. The number of amides is 2. The lowest BCUT2D eigenvalue weighted by Crippen LogP contribution is -2.47. The second kappa shape index (κ2) is 9.04. The molecule has 2 aromatic carbocycles. The molecule has 0 spiro atoms. The molecule has 0 bridgehead atoms. The molecule has 0 radical (unpaired) electrons. The third-order valence-corrected chi connectivity index (χ3v) is 4.58. The van der Waals surface area contributed by atoms with Gasteiger partial charge in [-0.3, -0.25) is 34.4 Å². The van der Waals surface area contributed by atoms with Gasteiger partial charge in [-0.15, -0.1) is 0 Å². The molecule has 3 aromatic rings. The average molecular weight is 406 g/mol. The van der Waals surface area contributed by atoms with Crippen molar-refractivity contribution in [1.29, 1.82) is 0 Å². The molecule has 0 fully saturated rings. The Labute approximate surface area is 172 Å². The number of rotatable bonds is 5. The highest BCUT2D eigenvalue weighted by atomic mass is 16.2. The second-order valence-electron chi connectivity index (χ2n) is 6.96. The molecule has 0 unspecified atom stereocenters. The van der Waals surface area contributed by atoms with Crippen LogP contribution in [-0.4, -0.2) is 20.9 Å². The molecule has 154 valence electrons. The van der Waals surface area contributed by atoms with Gasteiger partial charge in [0.25, 0.3) is 17.4 Å². The van der Waals surface area contributed by atoms with E-state index in [1.807, 2.05) is 43.3 Å². The van der Waals surface area contributed by atoms with Gasteiger partial charge in [0.15, 0.2) is 0 Å². The number of nitrogens with zero attached hydrogens (tertiary/aromatic N) is 2. The standard InChI is InChI=1S/C22H22N4O4/c1-15-8-9-18(16(2)12-15)21(29)24-23-19(27)14-26-20(28)10-11-25(22(26)30)13-17-6-4-3-5-7-17/h3-12H,13-14H2,1-2H3,(H,23,27)(H,24,29). The van der Waals surface area contributed by atoms with Gasteiger partial charge in [0.2, 0.25) is 0 Å². The number of aryl methyl sites for hydroxylation is 2. The van der Waals surface area contributed by atoms with E-state index in [9.17, 15) is 19.2 Å². The molecule has 8 nitrogen and oxygen atoms in total. The van der Waals surface area contributed by atoms with Crippen LogP contribution in [0.1, 0.15) is 27.0 Å². The number of benzene rings is 2. The molecule has 0 saturated carbocycles. The number of aromatic nitrogens is 2. The smallest absolute Gasteiger partial charge is 0.296 e. The fraction of sp³-hybridized carbons (Fsp3) is 0.182. The van der Waals surface area contributed by atoms with E-state index in [2.05, 4.69) is 10.9 Å². The summed E-state index contributed by atoms with van der Waals surface area (Å²) in [6, 6.07) is 15.8. The van der Waals surface area contributed by atoms with Crippen LogP contribution in [0.25, 0.3) is 0 Å². The third-order valence-electron chi connectivity index (χ3n) is 4.58. The summed E-state index contributed by atoms with van der Waals surface area (Å²) in [6.07, 6.45) is 1.40. The van der Waals surface area contributed by atoms with E-state index in [0.29, 0.717) is 5.56 Å². The minimum atomic E-state index is -0.690. The first kappa shape index (κ1) is 20.8. The van der Waals surface area contributed by atoms with Crippen molar-refractivity contribution in [3.63, 3.8) is 0 Å². The van der Waals surface area contributed by atoms with Crippen molar-refractivity contribution in [2.24, 2.45) is 0 Å². The summed E-state index contributed by atoms with van der Waals surface area (Å²) >= 11 is 0. The highest BCUT2D eigenvalue weighted by Gasteiger charge is 2.13. The van der Waals surface area contributed by atoms with Gasteiger partial charge in [-0.05, 0) is 31.0 Å². The molecule has 8 heteroatoms. The highest BCUT2D eigenvalue weighted by Crippen LogP contribution is 2.09. The van der Waals surface area contributed by atoms with Crippen molar-refractivity contribution >= 4 is 11.8 Å². The van der Waals surface area contributed by atoms with Crippen LogP contribution in [0.3, 0.4) is 0 Å². The maximum Gasteiger partial charge on any atom is 0.331 e. The molecule has 3 rings (SSSR count). The summed E-state index contributed by atoms with van der Waals surface area (Å²) in [5.74, 6) is -1.17. The summed E-state index contributed by atoms with van der Waals surface area (Å²) in [5.41, 5.74) is 6.44. The van der Waals surface area contributed by atoms with E-state index in [4.69, 9.17) is 0 Å². The molecule has 0 aliphatic heterocycles. The van der Waals surface area contributed by atoms with Crippen molar-refractivity contribution < 1.29 is 9.59 Å². The van der Waals surface area contributed by atoms with Crippen LogP contribution in [0.4, 0.5) is 0 Å². The van der Waals surface area contributed by atoms with Crippen molar-refractivity contribution in [3.05, 3.63) is 104 Å². The van der Waals surface area contributed by atoms with Gasteiger partial charge in [0.1, 0.15) is 6.54 Å². The molecule has 2 N–H and O–H groups in total. The topological polar surface area (TPSA) is 102 Å². The van der Waals surface area contributed by atoms with Crippen molar-refractivity contribution in [3.8, 4) is 0 Å². The maximum absolute atomic E-state index is 12.6. The van der Waals surface area contributed by atoms with Gasteiger partial charge < -0.3 is 0 Å². The Morgan fingerprint density at radius 3 is 2.37 bits per heavy atom. The predicted octanol–water partition coefficient (Wildman–Crippen LogP) is 1.14. The summed E-state index contributed by atoms with van der Waals surface area (Å²) in [4.78, 5) is 49.2. The van der Waals surface area contributed by atoms with E-state index in [0.717, 1.165) is 21.3 Å². The molecular formula is C22H22N4O4.